The van der Waals surface area contributed by atoms with Gasteiger partial charge in [-0.1, -0.05) is 0 Å². The standard InChI is InChI=1S/C8H14ClNO2.ClH/c1-10-4-2-3-7(6-10)12-8(11)5-9;/h7H,2-6H2,1H3;1H. The number of likely N-dealkylation sites (tertiary alicyclic amines) is 1. The van der Waals surface area contributed by atoms with Gasteiger partial charge in [0.25, 0.3) is 0 Å². The van der Waals surface area contributed by atoms with E-state index in [0.29, 0.717) is 0 Å². The van der Waals surface area contributed by atoms with Crippen molar-refractivity contribution in [3.63, 3.8) is 0 Å². The predicted molar refractivity (Wildman–Crippen MR) is 54.6 cm³/mol. The Balaban J connectivity index is 0.00000144. The van der Waals surface area contributed by atoms with Gasteiger partial charge in [-0.2, -0.15) is 0 Å². The molecular formula is C8H15Cl2NO2. The molecule has 1 heterocycles. The van der Waals surface area contributed by atoms with Gasteiger partial charge in [0.2, 0.25) is 0 Å². The van der Waals surface area contributed by atoms with Crippen molar-refractivity contribution in [2.24, 2.45) is 0 Å². The molecular weight excluding hydrogens is 213 g/mol. The fraction of sp³-hybridized carbons (Fsp3) is 0.875. The van der Waals surface area contributed by atoms with Crippen LogP contribution in [0.2, 0.25) is 0 Å². The lowest BCUT2D eigenvalue weighted by Gasteiger charge is -2.28. The Morgan fingerprint density at radius 1 is 1.69 bits per heavy atom. The Kier molecular flexibility index (Phi) is 6.47. The van der Waals surface area contributed by atoms with Gasteiger partial charge in [-0.05, 0) is 26.4 Å². The fourth-order valence-electron chi connectivity index (χ4n) is 1.43. The highest BCUT2D eigenvalue weighted by atomic mass is 35.5. The highest BCUT2D eigenvalue weighted by molar-refractivity contribution is 6.26. The van der Waals surface area contributed by atoms with Crippen molar-refractivity contribution in [1.29, 1.82) is 0 Å². The third-order valence-corrected chi connectivity index (χ3v) is 2.21. The summed E-state index contributed by atoms with van der Waals surface area (Å²) in [4.78, 5) is 13.0. The van der Waals surface area contributed by atoms with Crippen LogP contribution in [0.4, 0.5) is 0 Å². The second kappa shape index (κ2) is 6.46. The van der Waals surface area contributed by atoms with Gasteiger partial charge in [-0.3, -0.25) is 4.79 Å². The third kappa shape index (κ3) is 4.69. The van der Waals surface area contributed by atoms with E-state index >= 15 is 0 Å². The van der Waals surface area contributed by atoms with Gasteiger partial charge in [0.15, 0.2) is 0 Å². The first-order valence-corrected chi connectivity index (χ1v) is 4.70. The lowest BCUT2D eigenvalue weighted by molar-refractivity contribution is -0.148. The summed E-state index contributed by atoms with van der Waals surface area (Å²) in [7, 11) is 2.03. The minimum Gasteiger partial charge on any atom is -0.460 e. The molecule has 1 fully saturated rings. The molecule has 0 aromatic rings. The van der Waals surface area contributed by atoms with E-state index in [1.807, 2.05) is 7.05 Å². The van der Waals surface area contributed by atoms with Crippen LogP contribution in [0.3, 0.4) is 0 Å². The molecule has 0 aliphatic carbocycles. The molecule has 5 heteroatoms. The molecule has 13 heavy (non-hydrogen) atoms. The molecule has 1 unspecified atom stereocenters. The number of esters is 1. The monoisotopic (exact) mass is 227 g/mol. The first-order valence-electron chi connectivity index (χ1n) is 4.16. The number of carbonyl (C=O) groups is 1. The molecule has 0 bridgehead atoms. The normalized spacial score (nSPS) is 23.4. The number of nitrogens with zero attached hydrogens (tertiary/aromatic N) is 1. The van der Waals surface area contributed by atoms with Gasteiger partial charge in [-0.15, -0.1) is 24.0 Å². The van der Waals surface area contributed by atoms with Crippen LogP contribution in [-0.4, -0.2) is 43.0 Å². The van der Waals surface area contributed by atoms with Crippen molar-refractivity contribution in [3.8, 4) is 0 Å². The molecule has 0 spiro atoms. The van der Waals surface area contributed by atoms with Crippen LogP contribution < -0.4 is 0 Å². The average Bonchev–Trinajstić information content (AvgIpc) is 2.04. The van der Waals surface area contributed by atoms with Crippen LogP contribution >= 0.6 is 24.0 Å². The second-order valence-electron chi connectivity index (χ2n) is 3.15. The smallest absolute Gasteiger partial charge is 0.321 e. The Morgan fingerprint density at radius 3 is 2.92 bits per heavy atom. The van der Waals surface area contributed by atoms with Crippen LogP contribution in [0.1, 0.15) is 12.8 Å². The molecule has 0 saturated carbocycles. The summed E-state index contributed by atoms with van der Waals surface area (Å²) >= 11 is 5.32. The SMILES string of the molecule is CN1CCCC(OC(=O)CCl)C1.Cl. The van der Waals surface area contributed by atoms with Gasteiger partial charge in [0, 0.05) is 6.54 Å². The maximum atomic E-state index is 10.8. The lowest BCUT2D eigenvalue weighted by atomic mass is 10.1. The van der Waals surface area contributed by atoms with Crippen molar-refractivity contribution in [2.45, 2.75) is 18.9 Å². The van der Waals surface area contributed by atoms with Gasteiger partial charge < -0.3 is 9.64 Å². The van der Waals surface area contributed by atoms with Gasteiger partial charge >= 0.3 is 5.97 Å². The van der Waals surface area contributed by atoms with Crippen LogP contribution in [0.15, 0.2) is 0 Å². The number of carbonyl (C=O) groups excluding carboxylic acids is 1. The summed E-state index contributed by atoms with van der Waals surface area (Å²) in [5, 5.41) is 0. The molecule has 0 radical (unpaired) electrons. The fourth-order valence-corrected chi connectivity index (χ4v) is 1.50. The zero-order chi connectivity index (χ0) is 8.97. The molecule has 0 aromatic heterocycles. The van der Waals surface area contributed by atoms with E-state index in [1.54, 1.807) is 0 Å². The minimum atomic E-state index is -0.308. The van der Waals surface area contributed by atoms with Crippen molar-refractivity contribution in [2.75, 3.05) is 26.0 Å². The summed E-state index contributed by atoms with van der Waals surface area (Å²) in [6, 6.07) is 0. The molecule has 0 amide bonds. The largest absolute Gasteiger partial charge is 0.460 e. The Labute approximate surface area is 89.8 Å². The highest BCUT2D eigenvalue weighted by Gasteiger charge is 2.19. The van der Waals surface area contributed by atoms with Crippen LogP contribution in [-0.2, 0) is 9.53 Å². The van der Waals surface area contributed by atoms with Crippen LogP contribution in [0.25, 0.3) is 0 Å². The van der Waals surface area contributed by atoms with E-state index in [9.17, 15) is 4.79 Å². The predicted octanol–water partition coefficient (Wildman–Crippen LogP) is 1.28. The topological polar surface area (TPSA) is 29.5 Å². The zero-order valence-corrected chi connectivity index (χ0v) is 9.24. The summed E-state index contributed by atoms with van der Waals surface area (Å²) in [5.74, 6) is -0.350. The zero-order valence-electron chi connectivity index (χ0n) is 7.66. The van der Waals surface area contributed by atoms with Crippen LogP contribution in [0, 0.1) is 0 Å². The number of halogens is 2. The van der Waals surface area contributed by atoms with Gasteiger partial charge in [-0.25, -0.2) is 0 Å². The minimum absolute atomic E-state index is 0. The van der Waals surface area contributed by atoms with Crippen molar-refractivity contribution in [3.05, 3.63) is 0 Å². The number of piperidine rings is 1. The Hall–Kier alpha value is 0.01000. The van der Waals surface area contributed by atoms with Gasteiger partial charge in [0.05, 0.1) is 0 Å². The third-order valence-electron chi connectivity index (χ3n) is 1.99. The van der Waals surface area contributed by atoms with E-state index in [2.05, 4.69) is 4.90 Å². The second-order valence-corrected chi connectivity index (χ2v) is 3.42. The summed E-state index contributed by atoms with van der Waals surface area (Å²) < 4.78 is 5.10. The molecule has 1 saturated heterocycles. The number of rotatable bonds is 2. The average molecular weight is 228 g/mol. The lowest BCUT2D eigenvalue weighted by Crippen LogP contribution is -2.38. The Morgan fingerprint density at radius 2 is 2.38 bits per heavy atom. The summed E-state index contributed by atoms with van der Waals surface area (Å²) in [5.41, 5.74) is 0. The molecule has 1 atom stereocenters. The first-order chi connectivity index (χ1) is 5.72. The van der Waals surface area contributed by atoms with E-state index in [4.69, 9.17) is 16.3 Å². The molecule has 1 aliphatic rings. The number of hydrogen-bond donors (Lipinski definition) is 0. The number of hydrogen-bond acceptors (Lipinski definition) is 3. The molecule has 1 aliphatic heterocycles. The molecule has 0 aromatic carbocycles. The Bertz CT molecular complexity index is 166. The molecule has 78 valence electrons. The van der Waals surface area contributed by atoms with E-state index < -0.39 is 0 Å². The number of ether oxygens (including phenoxy) is 1. The highest BCUT2D eigenvalue weighted by Crippen LogP contribution is 2.11. The summed E-state index contributed by atoms with van der Waals surface area (Å²) in [6.45, 7) is 1.93. The van der Waals surface area contributed by atoms with Crippen molar-refractivity contribution in [1.82, 2.24) is 4.90 Å². The number of alkyl halides is 1. The molecule has 1 rings (SSSR count). The summed E-state index contributed by atoms with van der Waals surface area (Å²) in [6.07, 6.45) is 2.11. The van der Waals surface area contributed by atoms with E-state index in [1.165, 1.54) is 0 Å². The maximum Gasteiger partial charge on any atom is 0.321 e. The molecule has 0 N–H and O–H groups in total. The maximum absolute atomic E-state index is 10.8. The van der Waals surface area contributed by atoms with E-state index in [0.717, 1.165) is 25.9 Å². The van der Waals surface area contributed by atoms with Crippen molar-refractivity contribution < 1.29 is 9.53 Å². The van der Waals surface area contributed by atoms with Gasteiger partial charge in [0.1, 0.15) is 12.0 Å². The van der Waals surface area contributed by atoms with Crippen LogP contribution in [0.5, 0.6) is 0 Å². The molecule has 3 nitrogen and oxygen atoms in total. The quantitative estimate of drug-likeness (QED) is 0.526. The van der Waals surface area contributed by atoms with E-state index in [-0.39, 0.29) is 30.4 Å². The number of likely N-dealkylation sites (N-methyl/N-ethyl adjacent to an activating group) is 1. The van der Waals surface area contributed by atoms with Crippen molar-refractivity contribution >= 4 is 30.0 Å². The first kappa shape index (κ1) is 13.0.